The maximum atomic E-state index is 13.0. The zero-order valence-corrected chi connectivity index (χ0v) is 15.6. The highest BCUT2D eigenvalue weighted by atomic mass is 35.5. The van der Waals surface area contributed by atoms with Crippen molar-refractivity contribution >= 4 is 24.0 Å². The van der Waals surface area contributed by atoms with E-state index in [1.165, 1.54) is 6.07 Å². The molecule has 0 unspecified atom stereocenters. The number of halogens is 4. The quantitative estimate of drug-likeness (QED) is 0.712. The molecule has 0 radical (unpaired) electrons. The first kappa shape index (κ1) is 22.7. The van der Waals surface area contributed by atoms with Gasteiger partial charge in [-0.05, 0) is 42.2 Å². The standard InChI is InChI=1S/C17H19F3N4O2.ClH/c1-3-12-13(4-2)23-24-16(26)14(12)15(25)22-11-6-9(8-21)5-10(7-11)17(18,19)20;/h5-7H,3-4,8,21H2,1-2H3,(H,22,25)(H,24,26);1H. The number of hydrogen-bond donors (Lipinski definition) is 3. The zero-order chi connectivity index (χ0) is 19.5. The van der Waals surface area contributed by atoms with Crippen LogP contribution in [0.1, 0.15) is 46.6 Å². The molecule has 0 saturated heterocycles. The Labute approximate surface area is 159 Å². The van der Waals surface area contributed by atoms with Crippen LogP contribution in [0.2, 0.25) is 0 Å². The Kier molecular flexibility index (Phi) is 7.55. The van der Waals surface area contributed by atoms with Gasteiger partial charge in [0.05, 0.1) is 11.3 Å². The van der Waals surface area contributed by atoms with Crippen LogP contribution in [0.25, 0.3) is 0 Å². The third kappa shape index (κ3) is 5.08. The van der Waals surface area contributed by atoms with E-state index in [1.807, 2.05) is 6.92 Å². The molecule has 2 aromatic rings. The molecule has 0 fully saturated rings. The van der Waals surface area contributed by atoms with Crippen molar-refractivity contribution in [3.8, 4) is 0 Å². The molecule has 148 valence electrons. The van der Waals surface area contributed by atoms with Gasteiger partial charge in [-0.2, -0.15) is 18.3 Å². The van der Waals surface area contributed by atoms with Gasteiger partial charge < -0.3 is 11.1 Å². The minimum Gasteiger partial charge on any atom is -0.326 e. The number of anilines is 1. The summed E-state index contributed by atoms with van der Waals surface area (Å²) in [6.07, 6.45) is -3.69. The Bertz CT molecular complexity index is 881. The van der Waals surface area contributed by atoms with Crippen LogP contribution >= 0.6 is 12.4 Å². The molecular weight excluding hydrogens is 385 g/mol. The number of benzene rings is 1. The van der Waals surface area contributed by atoms with Gasteiger partial charge in [-0.1, -0.05) is 13.8 Å². The van der Waals surface area contributed by atoms with Crippen molar-refractivity contribution in [1.82, 2.24) is 10.2 Å². The number of alkyl halides is 3. The van der Waals surface area contributed by atoms with E-state index in [1.54, 1.807) is 6.92 Å². The predicted octanol–water partition coefficient (Wildman–Crippen LogP) is 3.05. The van der Waals surface area contributed by atoms with Crippen molar-refractivity contribution in [2.24, 2.45) is 5.73 Å². The monoisotopic (exact) mass is 404 g/mol. The first-order valence-electron chi connectivity index (χ1n) is 8.04. The van der Waals surface area contributed by atoms with Crippen molar-refractivity contribution in [2.75, 3.05) is 5.32 Å². The molecule has 0 atom stereocenters. The number of aryl methyl sites for hydroxylation is 1. The number of nitrogens with zero attached hydrogens (tertiary/aromatic N) is 1. The third-order valence-electron chi connectivity index (χ3n) is 3.90. The first-order valence-corrected chi connectivity index (χ1v) is 8.04. The molecule has 27 heavy (non-hydrogen) atoms. The lowest BCUT2D eigenvalue weighted by Crippen LogP contribution is -2.28. The lowest BCUT2D eigenvalue weighted by Gasteiger charge is -2.14. The largest absolute Gasteiger partial charge is 0.416 e. The molecule has 0 aliphatic carbocycles. The summed E-state index contributed by atoms with van der Waals surface area (Å²) in [6, 6.07) is 3.06. The Morgan fingerprint density at radius 2 is 1.89 bits per heavy atom. The Hall–Kier alpha value is -2.39. The summed E-state index contributed by atoms with van der Waals surface area (Å²) in [6.45, 7) is 3.47. The summed E-state index contributed by atoms with van der Waals surface area (Å²) in [4.78, 5) is 24.6. The van der Waals surface area contributed by atoms with E-state index >= 15 is 0 Å². The van der Waals surface area contributed by atoms with E-state index in [2.05, 4.69) is 15.5 Å². The van der Waals surface area contributed by atoms with E-state index in [0.29, 0.717) is 24.1 Å². The number of carbonyl (C=O) groups is 1. The van der Waals surface area contributed by atoms with Gasteiger partial charge in [0.2, 0.25) is 0 Å². The van der Waals surface area contributed by atoms with Crippen molar-refractivity contribution in [1.29, 1.82) is 0 Å². The minimum absolute atomic E-state index is 0. The number of nitrogens with two attached hydrogens (primary N) is 1. The van der Waals surface area contributed by atoms with Crippen LogP contribution in [-0.4, -0.2) is 16.1 Å². The number of carbonyl (C=O) groups excluding carboxylic acids is 1. The molecule has 0 spiro atoms. The number of nitrogens with one attached hydrogen (secondary N) is 2. The molecule has 0 saturated carbocycles. The first-order chi connectivity index (χ1) is 12.2. The van der Waals surface area contributed by atoms with Crippen molar-refractivity contribution < 1.29 is 18.0 Å². The molecule has 0 aliphatic heterocycles. The summed E-state index contributed by atoms with van der Waals surface area (Å²) in [7, 11) is 0. The van der Waals surface area contributed by atoms with Crippen LogP contribution in [0.4, 0.5) is 18.9 Å². The van der Waals surface area contributed by atoms with E-state index < -0.39 is 23.2 Å². The highest BCUT2D eigenvalue weighted by Gasteiger charge is 2.31. The molecule has 0 bridgehead atoms. The molecule has 0 aliphatic rings. The Balaban J connectivity index is 0.00000364. The van der Waals surface area contributed by atoms with E-state index in [0.717, 1.165) is 12.1 Å². The topological polar surface area (TPSA) is 101 Å². The zero-order valence-electron chi connectivity index (χ0n) is 14.7. The van der Waals surface area contributed by atoms with Gasteiger partial charge in [-0.15, -0.1) is 12.4 Å². The summed E-state index contributed by atoms with van der Waals surface area (Å²) >= 11 is 0. The van der Waals surface area contributed by atoms with Crippen LogP contribution < -0.4 is 16.6 Å². The number of aromatic nitrogens is 2. The Morgan fingerprint density at radius 3 is 2.41 bits per heavy atom. The van der Waals surface area contributed by atoms with Crippen molar-refractivity contribution in [2.45, 2.75) is 39.4 Å². The number of aromatic amines is 1. The number of rotatable bonds is 5. The van der Waals surface area contributed by atoms with E-state index in [-0.39, 0.29) is 35.8 Å². The van der Waals surface area contributed by atoms with E-state index in [9.17, 15) is 22.8 Å². The fourth-order valence-electron chi connectivity index (χ4n) is 2.68. The average Bonchev–Trinajstić information content (AvgIpc) is 2.59. The van der Waals surface area contributed by atoms with Crippen LogP contribution in [-0.2, 0) is 25.6 Å². The van der Waals surface area contributed by atoms with Gasteiger partial charge in [-0.25, -0.2) is 5.10 Å². The van der Waals surface area contributed by atoms with Gasteiger partial charge in [0.1, 0.15) is 5.56 Å². The molecule has 10 heteroatoms. The van der Waals surface area contributed by atoms with Crippen LogP contribution in [0.5, 0.6) is 0 Å². The molecule has 1 aromatic carbocycles. The number of amides is 1. The van der Waals surface area contributed by atoms with Crippen LogP contribution in [0.3, 0.4) is 0 Å². The minimum atomic E-state index is -4.58. The molecule has 1 heterocycles. The highest BCUT2D eigenvalue weighted by Crippen LogP contribution is 2.32. The Morgan fingerprint density at radius 1 is 1.22 bits per heavy atom. The lowest BCUT2D eigenvalue weighted by atomic mass is 10.0. The maximum Gasteiger partial charge on any atom is 0.416 e. The number of H-pyrrole nitrogens is 1. The molecule has 1 amide bonds. The van der Waals surface area contributed by atoms with Crippen LogP contribution in [0.15, 0.2) is 23.0 Å². The fourth-order valence-corrected chi connectivity index (χ4v) is 2.68. The summed E-state index contributed by atoms with van der Waals surface area (Å²) < 4.78 is 39.0. The normalized spacial score (nSPS) is 11.0. The highest BCUT2D eigenvalue weighted by molar-refractivity contribution is 6.05. The third-order valence-corrected chi connectivity index (χ3v) is 3.90. The molecule has 2 rings (SSSR count). The molecular formula is C17H20ClF3N4O2. The van der Waals surface area contributed by atoms with Crippen molar-refractivity contribution in [3.05, 3.63) is 56.5 Å². The molecule has 1 aromatic heterocycles. The smallest absolute Gasteiger partial charge is 0.326 e. The van der Waals surface area contributed by atoms with Gasteiger partial charge >= 0.3 is 6.18 Å². The SMILES string of the molecule is CCc1n[nH]c(=O)c(C(=O)Nc2cc(CN)cc(C(F)(F)F)c2)c1CC.Cl. The second-order valence-electron chi connectivity index (χ2n) is 5.63. The average molecular weight is 405 g/mol. The second kappa shape index (κ2) is 9.01. The maximum absolute atomic E-state index is 13.0. The summed E-state index contributed by atoms with van der Waals surface area (Å²) in [5, 5.41) is 8.53. The predicted molar refractivity (Wildman–Crippen MR) is 98.2 cm³/mol. The summed E-state index contributed by atoms with van der Waals surface area (Å²) in [5.41, 5.74) is 4.83. The van der Waals surface area contributed by atoms with E-state index in [4.69, 9.17) is 5.73 Å². The van der Waals surface area contributed by atoms with Gasteiger partial charge in [0.15, 0.2) is 0 Å². The van der Waals surface area contributed by atoms with Gasteiger partial charge in [0.25, 0.3) is 11.5 Å². The van der Waals surface area contributed by atoms with Crippen LogP contribution in [0, 0.1) is 0 Å². The second-order valence-corrected chi connectivity index (χ2v) is 5.63. The number of hydrogen-bond acceptors (Lipinski definition) is 4. The van der Waals surface area contributed by atoms with Gasteiger partial charge in [-0.3, -0.25) is 9.59 Å². The summed E-state index contributed by atoms with van der Waals surface area (Å²) in [5.74, 6) is -0.789. The molecule has 4 N–H and O–H groups in total. The van der Waals surface area contributed by atoms with Gasteiger partial charge in [0, 0.05) is 12.2 Å². The lowest BCUT2D eigenvalue weighted by molar-refractivity contribution is -0.137. The molecule has 6 nitrogen and oxygen atoms in total. The van der Waals surface area contributed by atoms with Crippen molar-refractivity contribution in [3.63, 3.8) is 0 Å². The fraction of sp³-hybridized carbons (Fsp3) is 0.353.